The maximum Gasteiger partial charge on any atom is 0.223 e. The molecule has 0 spiro atoms. The van der Waals surface area contributed by atoms with Crippen molar-refractivity contribution in [3.05, 3.63) is 29.8 Å². The SMILES string of the molecule is COc1ccccc1CCNC(=O)C1CCNCC1.Cl. The number of piperidine rings is 1. The number of carbonyl (C=O) groups is 1. The van der Waals surface area contributed by atoms with Crippen molar-refractivity contribution < 1.29 is 9.53 Å². The van der Waals surface area contributed by atoms with Crippen LogP contribution >= 0.6 is 12.4 Å². The Morgan fingerprint density at radius 2 is 2.05 bits per heavy atom. The maximum atomic E-state index is 12.0. The van der Waals surface area contributed by atoms with Gasteiger partial charge in [0.05, 0.1) is 7.11 Å². The largest absolute Gasteiger partial charge is 0.496 e. The van der Waals surface area contributed by atoms with Gasteiger partial charge in [0, 0.05) is 12.5 Å². The predicted octanol–water partition coefficient (Wildman–Crippen LogP) is 1.78. The minimum Gasteiger partial charge on any atom is -0.496 e. The van der Waals surface area contributed by atoms with Gasteiger partial charge in [0.2, 0.25) is 5.91 Å². The van der Waals surface area contributed by atoms with E-state index in [4.69, 9.17) is 4.74 Å². The number of rotatable bonds is 5. The zero-order valence-electron chi connectivity index (χ0n) is 11.9. The summed E-state index contributed by atoms with van der Waals surface area (Å²) in [5.74, 6) is 1.26. The third-order valence-corrected chi connectivity index (χ3v) is 3.60. The molecule has 0 aliphatic carbocycles. The topological polar surface area (TPSA) is 50.4 Å². The Hall–Kier alpha value is -1.26. The zero-order chi connectivity index (χ0) is 13.5. The van der Waals surface area contributed by atoms with Crippen molar-refractivity contribution in [1.82, 2.24) is 10.6 Å². The van der Waals surface area contributed by atoms with E-state index in [1.165, 1.54) is 0 Å². The van der Waals surface area contributed by atoms with Crippen LogP contribution < -0.4 is 15.4 Å². The van der Waals surface area contributed by atoms with Gasteiger partial charge >= 0.3 is 0 Å². The lowest BCUT2D eigenvalue weighted by molar-refractivity contribution is -0.125. The van der Waals surface area contributed by atoms with E-state index in [1.807, 2.05) is 24.3 Å². The molecule has 1 amide bonds. The van der Waals surface area contributed by atoms with Crippen LogP contribution in [0.5, 0.6) is 5.75 Å². The molecular formula is C15H23ClN2O2. The summed E-state index contributed by atoms with van der Waals surface area (Å²) in [6.07, 6.45) is 2.70. The minimum absolute atomic E-state index is 0. The van der Waals surface area contributed by atoms with Gasteiger partial charge in [-0.05, 0) is 44.0 Å². The highest BCUT2D eigenvalue weighted by atomic mass is 35.5. The second-order valence-electron chi connectivity index (χ2n) is 4.88. The van der Waals surface area contributed by atoms with E-state index in [2.05, 4.69) is 10.6 Å². The summed E-state index contributed by atoms with van der Waals surface area (Å²) in [5, 5.41) is 6.30. The van der Waals surface area contributed by atoms with Crippen LogP contribution in [0.15, 0.2) is 24.3 Å². The highest BCUT2D eigenvalue weighted by Gasteiger charge is 2.20. The van der Waals surface area contributed by atoms with Gasteiger partial charge in [-0.1, -0.05) is 18.2 Å². The molecule has 1 aromatic carbocycles. The van der Waals surface area contributed by atoms with Crippen LogP contribution in [0.3, 0.4) is 0 Å². The molecule has 0 atom stereocenters. The monoisotopic (exact) mass is 298 g/mol. The van der Waals surface area contributed by atoms with Crippen LogP contribution in [0.1, 0.15) is 18.4 Å². The van der Waals surface area contributed by atoms with Gasteiger partial charge in [0.25, 0.3) is 0 Å². The van der Waals surface area contributed by atoms with Crippen molar-refractivity contribution >= 4 is 18.3 Å². The molecular weight excluding hydrogens is 276 g/mol. The highest BCUT2D eigenvalue weighted by Crippen LogP contribution is 2.17. The fourth-order valence-electron chi connectivity index (χ4n) is 2.46. The summed E-state index contributed by atoms with van der Waals surface area (Å²) in [5.41, 5.74) is 1.13. The van der Waals surface area contributed by atoms with Gasteiger partial charge in [-0.2, -0.15) is 0 Å². The molecule has 2 N–H and O–H groups in total. The molecule has 20 heavy (non-hydrogen) atoms. The van der Waals surface area contributed by atoms with Crippen molar-refractivity contribution in [3.63, 3.8) is 0 Å². The lowest BCUT2D eigenvalue weighted by Gasteiger charge is -2.21. The Kier molecular flexibility index (Phi) is 7.41. The number of halogens is 1. The lowest BCUT2D eigenvalue weighted by atomic mass is 9.97. The van der Waals surface area contributed by atoms with Crippen LogP contribution in [0, 0.1) is 5.92 Å². The number of methoxy groups -OCH3 is 1. The molecule has 2 rings (SSSR count). The van der Waals surface area contributed by atoms with E-state index in [0.717, 1.165) is 43.7 Å². The molecule has 0 radical (unpaired) electrons. The van der Waals surface area contributed by atoms with E-state index in [0.29, 0.717) is 6.54 Å². The highest BCUT2D eigenvalue weighted by molar-refractivity contribution is 5.85. The summed E-state index contributed by atoms with van der Waals surface area (Å²) in [7, 11) is 1.67. The number of para-hydroxylation sites is 1. The van der Waals surface area contributed by atoms with E-state index in [-0.39, 0.29) is 24.2 Å². The first-order valence-electron chi connectivity index (χ1n) is 6.91. The molecule has 0 bridgehead atoms. The molecule has 1 fully saturated rings. The van der Waals surface area contributed by atoms with Crippen LogP contribution in [-0.4, -0.2) is 32.7 Å². The van der Waals surface area contributed by atoms with Crippen LogP contribution in [0.25, 0.3) is 0 Å². The summed E-state index contributed by atoms with van der Waals surface area (Å²) in [6.45, 7) is 2.57. The standard InChI is InChI=1S/C15H22N2O2.ClH/c1-19-14-5-3-2-4-12(14)8-11-17-15(18)13-6-9-16-10-7-13;/h2-5,13,16H,6-11H2,1H3,(H,17,18);1H. The first-order chi connectivity index (χ1) is 9.31. The number of benzene rings is 1. The van der Waals surface area contributed by atoms with E-state index < -0.39 is 0 Å². The third-order valence-electron chi connectivity index (χ3n) is 3.60. The number of hydrogen-bond donors (Lipinski definition) is 2. The average molecular weight is 299 g/mol. The Balaban J connectivity index is 0.00000200. The number of carbonyl (C=O) groups excluding carboxylic acids is 1. The van der Waals surface area contributed by atoms with Gasteiger partial charge in [0.1, 0.15) is 5.75 Å². The molecule has 0 unspecified atom stereocenters. The Morgan fingerprint density at radius 1 is 1.35 bits per heavy atom. The fraction of sp³-hybridized carbons (Fsp3) is 0.533. The van der Waals surface area contributed by atoms with Crippen LogP contribution in [-0.2, 0) is 11.2 Å². The zero-order valence-corrected chi connectivity index (χ0v) is 12.7. The molecule has 0 saturated carbocycles. The lowest BCUT2D eigenvalue weighted by Crippen LogP contribution is -2.38. The molecule has 1 saturated heterocycles. The molecule has 4 nitrogen and oxygen atoms in total. The van der Waals surface area contributed by atoms with Gasteiger partial charge < -0.3 is 15.4 Å². The second kappa shape index (κ2) is 8.82. The van der Waals surface area contributed by atoms with Gasteiger partial charge in [-0.15, -0.1) is 12.4 Å². The Morgan fingerprint density at radius 3 is 2.75 bits per heavy atom. The van der Waals surface area contributed by atoms with Crippen molar-refractivity contribution in [2.75, 3.05) is 26.7 Å². The van der Waals surface area contributed by atoms with E-state index in [1.54, 1.807) is 7.11 Å². The number of amides is 1. The number of ether oxygens (including phenoxy) is 1. The summed E-state index contributed by atoms with van der Waals surface area (Å²) in [6, 6.07) is 7.93. The normalized spacial score (nSPS) is 15.2. The molecule has 1 aliphatic rings. The van der Waals surface area contributed by atoms with Crippen LogP contribution in [0.2, 0.25) is 0 Å². The van der Waals surface area contributed by atoms with Crippen molar-refractivity contribution in [1.29, 1.82) is 0 Å². The molecule has 1 heterocycles. The van der Waals surface area contributed by atoms with Gasteiger partial charge in [-0.3, -0.25) is 4.79 Å². The maximum absolute atomic E-state index is 12.0. The average Bonchev–Trinajstić information content (AvgIpc) is 2.48. The molecule has 1 aliphatic heterocycles. The third kappa shape index (κ3) is 4.69. The summed E-state index contributed by atoms with van der Waals surface area (Å²) < 4.78 is 5.30. The molecule has 5 heteroatoms. The van der Waals surface area contributed by atoms with Gasteiger partial charge in [-0.25, -0.2) is 0 Å². The second-order valence-corrected chi connectivity index (χ2v) is 4.88. The summed E-state index contributed by atoms with van der Waals surface area (Å²) in [4.78, 5) is 12.0. The fourth-order valence-corrected chi connectivity index (χ4v) is 2.46. The predicted molar refractivity (Wildman–Crippen MR) is 82.5 cm³/mol. The number of nitrogens with one attached hydrogen (secondary N) is 2. The minimum atomic E-state index is 0. The van der Waals surface area contributed by atoms with Gasteiger partial charge in [0.15, 0.2) is 0 Å². The first-order valence-corrected chi connectivity index (χ1v) is 6.91. The Bertz CT molecular complexity index is 420. The number of hydrogen-bond acceptors (Lipinski definition) is 3. The first kappa shape index (κ1) is 16.8. The van der Waals surface area contributed by atoms with Crippen molar-refractivity contribution in [2.24, 2.45) is 5.92 Å². The van der Waals surface area contributed by atoms with E-state index in [9.17, 15) is 4.79 Å². The molecule has 0 aromatic heterocycles. The van der Waals surface area contributed by atoms with Crippen LogP contribution in [0.4, 0.5) is 0 Å². The molecule has 112 valence electrons. The smallest absolute Gasteiger partial charge is 0.223 e. The summed E-state index contributed by atoms with van der Waals surface area (Å²) >= 11 is 0. The Labute approximate surface area is 126 Å². The quantitative estimate of drug-likeness (QED) is 0.871. The van der Waals surface area contributed by atoms with E-state index >= 15 is 0 Å². The molecule has 1 aromatic rings. The van der Waals surface area contributed by atoms with Crippen molar-refractivity contribution in [3.8, 4) is 5.75 Å². The van der Waals surface area contributed by atoms with Crippen molar-refractivity contribution in [2.45, 2.75) is 19.3 Å².